The van der Waals surface area contributed by atoms with Gasteiger partial charge in [0.2, 0.25) is 0 Å². The molecule has 1 atom stereocenters. The van der Waals surface area contributed by atoms with Gasteiger partial charge in [0.25, 0.3) is 0 Å². The molecular weight excluding hydrogens is 260 g/mol. The standard InChI is InChI=1S/C15H17ClN2O/c1-19-14-4-2-3-12(10-14)15(18-17)9-11-5-7-13(16)8-6-11/h2-8,10,15,18H,9,17H2,1H3. The van der Waals surface area contributed by atoms with Gasteiger partial charge < -0.3 is 4.74 Å². The molecule has 0 amide bonds. The number of hydrogen-bond donors (Lipinski definition) is 2. The van der Waals surface area contributed by atoms with E-state index in [1.807, 2.05) is 48.5 Å². The summed E-state index contributed by atoms with van der Waals surface area (Å²) >= 11 is 5.88. The Kier molecular flexibility index (Phi) is 4.80. The van der Waals surface area contributed by atoms with Gasteiger partial charge in [-0.25, -0.2) is 0 Å². The predicted octanol–water partition coefficient (Wildman–Crippen LogP) is 3.10. The second-order valence-electron chi connectivity index (χ2n) is 4.33. The van der Waals surface area contributed by atoms with Crippen LogP contribution in [0.5, 0.6) is 5.75 Å². The topological polar surface area (TPSA) is 47.3 Å². The van der Waals surface area contributed by atoms with Crippen LogP contribution in [0.15, 0.2) is 48.5 Å². The van der Waals surface area contributed by atoms with Crippen molar-refractivity contribution in [2.24, 2.45) is 5.84 Å². The lowest BCUT2D eigenvalue weighted by Gasteiger charge is -2.17. The predicted molar refractivity (Wildman–Crippen MR) is 78.2 cm³/mol. The summed E-state index contributed by atoms with van der Waals surface area (Å²) in [5, 5.41) is 0.738. The minimum absolute atomic E-state index is 0.0382. The summed E-state index contributed by atoms with van der Waals surface area (Å²) in [5.41, 5.74) is 5.11. The molecule has 19 heavy (non-hydrogen) atoms. The number of nitrogens with one attached hydrogen (secondary N) is 1. The Balaban J connectivity index is 2.17. The molecule has 0 fully saturated rings. The Bertz CT molecular complexity index is 528. The maximum atomic E-state index is 5.88. The van der Waals surface area contributed by atoms with Gasteiger partial charge in [-0.2, -0.15) is 0 Å². The van der Waals surface area contributed by atoms with Crippen molar-refractivity contribution in [3.8, 4) is 5.75 Å². The summed E-state index contributed by atoms with van der Waals surface area (Å²) in [6, 6.07) is 15.7. The van der Waals surface area contributed by atoms with Crippen LogP contribution in [0.2, 0.25) is 5.02 Å². The van der Waals surface area contributed by atoms with E-state index in [9.17, 15) is 0 Å². The van der Waals surface area contributed by atoms with E-state index in [1.165, 1.54) is 5.56 Å². The van der Waals surface area contributed by atoms with E-state index in [0.717, 1.165) is 22.8 Å². The van der Waals surface area contributed by atoms with E-state index in [2.05, 4.69) is 5.43 Å². The quantitative estimate of drug-likeness (QED) is 0.652. The molecule has 0 aromatic heterocycles. The fourth-order valence-electron chi connectivity index (χ4n) is 1.99. The van der Waals surface area contributed by atoms with E-state index in [-0.39, 0.29) is 6.04 Å². The van der Waals surface area contributed by atoms with Gasteiger partial charge in [0.05, 0.1) is 13.2 Å². The van der Waals surface area contributed by atoms with Crippen LogP contribution in [0.1, 0.15) is 17.2 Å². The van der Waals surface area contributed by atoms with Crippen LogP contribution in [0.3, 0.4) is 0 Å². The highest BCUT2D eigenvalue weighted by Gasteiger charge is 2.11. The Morgan fingerprint density at radius 1 is 1.21 bits per heavy atom. The molecule has 3 N–H and O–H groups in total. The van der Waals surface area contributed by atoms with E-state index < -0.39 is 0 Å². The van der Waals surface area contributed by atoms with E-state index >= 15 is 0 Å². The molecule has 0 spiro atoms. The number of methoxy groups -OCH3 is 1. The Hall–Kier alpha value is -1.55. The first kappa shape index (κ1) is 13.9. The van der Waals surface area contributed by atoms with Gasteiger partial charge in [0.1, 0.15) is 5.75 Å². The maximum absolute atomic E-state index is 5.88. The minimum Gasteiger partial charge on any atom is -0.497 e. The van der Waals surface area contributed by atoms with Gasteiger partial charge in [-0.1, -0.05) is 35.9 Å². The van der Waals surface area contributed by atoms with Crippen molar-refractivity contribution in [2.45, 2.75) is 12.5 Å². The van der Waals surface area contributed by atoms with Crippen LogP contribution < -0.4 is 16.0 Å². The fraction of sp³-hybridized carbons (Fsp3) is 0.200. The second-order valence-corrected chi connectivity index (χ2v) is 4.76. The van der Waals surface area contributed by atoms with Crippen LogP contribution >= 0.6 is 11.6 Å². The SMILES string of the molecule is COc1cccc(C(Cc2ccc(Cl)cc2)NN)c1. The van der Waals surface area contributed by atoms with Crippen molar-refractivity contribution in [1.82, 2.24) is 5.43 Å². The molecule has 0 aliphatic rings. The second kappa shape index (κ2) is 6.57. The summed E-state index contributed by atoms with van der Waals surface area (Å²) in [5.74, 6) is 6.48. The Morgan fingerprint density at radius 2 is 1.95 bits per heavy atom. The minimum atomic E-state index is 0.0382. The van der Waals surface area contributed by atoms with E-state index in [1.54, 1.807) is 7.11 Å². The van der Waals surface area contributed by atoms with Crippen LogP contribution in [0.4, 0.5) is 0 Å². The summed E-state index contributed by atoms with van der Waals surface area (Å²) in [4.78, 5) is 0. The molecule has 2 rings (SSSR count). The average molecular weight is 277 g/mol. The molecule has 0 bridgehead atoms. The van der Waals surface area contributed by atoms with E-state index in [4.69, 9.17) is 22.2 Å². The first-order valence-electron chi connectivity index (χ1n) is 6.07. The fourth-order valence-corrected chi connectivity index (χ4v) is 2.11. The third-order valence-electron chi connectivity index (χ3n) is 3.05. The van der Waals surface area contributed by atoms with Gasteiger partial charge in [0.15, 0.2) is 0 Å². The molecule has 0 heterocycles. The molecule has 100 valence electrons. The van der Waals surface area contributed by atoms with Crippen molar-refractivity contribution in [1.29, 1.82) is 0 Å². The van der Waals surface area contributed by atoms with Crippen LogP contribution in [0.25, 0.3) is 0 Å². The zero-order valence-electron chi connectivity index (χ0n) is 10.8. The van der Waals surface area contributed by atoms with Crippen LogP contribution in [0, 0.1) is 0 Å². The van der Waals surface area contributed by atoms with E-state index in [0.29, 0.717) is 0 Å². The zero-order chi connectivity index (χ0) is 13.7. The molecule has 2 aromatic rings. The highest BCUT2D eigenvalue weighted by Crippen LogP contribution is 2.22. The number of hydrogen-bond acceptors (Lipinski definition) is 3. The van der Waals surface area contributed by atoms with Gasteiger partial charge in [-0.05, 0) is 41.8 Å². The normalized spacial score (nSPS) is 12.2. The molecule has 2 aromatic carbocycles. The Labute approximate surface area is 118 Å². The molecule has 0 saturated heterocycles. The van der Waals surface area contributed by atoms with Gasteiger partial charge in [-0.15, -0.1) is 0 Å². The average Bonchev–Trinajstić information content (AvgIpc) is 2.46. The monoisotopic (exact) mass is 276 g/mol. The summed E-state index contributed by atoms with van der Waals surface area (Å²) in [6.07, 6.45) is 0.792. The molecule has 4 heteroatoms. The number of rotatable bonds is 5. The maximum Gasteiger partial charge on any atom is 0.119 e. The number of benzene rings is 2. The zero-order valence-corrected chi connectivity index (χ0v) is 11.5. The number of ether oxygens (including phenoxy) is 1. The first-order valence-corrected chi connectivity index (χ1v) is 6.45. The summed E-state index contributed by atoms with van der Waals surface area (Å²) in [6.45, 7) is 0. The molecule has 1 unspecified atom stereocenters. The number of halogens is 1. The molecule has 0 aliphatic heterocycles. The van der Waals surface area contributed by atoms with Crippen molar-refractivity contribution in [3.63, 3.8) is 0 Å². The Morgan fingerprint density at radius 3 is 2.58 bits per heavy atom. The molecule has 3 nitrogen and oxygen atoms in total. The van der Waals surface area contributed by atoms with Gasteiger partial charge in [0, 0.05) is 5.02 Å². The van der Waals surface area contributed by atoms with Crippen molar-refractivity contribution in [3.05, 3.63) is 64.7 Å². The van der Waals surface area contributed by atoms with Crippen molar-refractivity contribution < 1.29 is 4.74 Å². The van der Waals surface area contributed by atoms with Crippen molar-refractivity contribution >= 4 is 11.6 Å². The molecule has 0 aliphatic carbocycles. The van der Waals surface area contributed by atoms with Crippen molar-refractivity contribution in [2.75, 3.05) is 7.11 Å². The summed E-state index contributed by atoms with van der Waals surface area (Å²) in [7, 11) is 1.66. The number of hydrazine groups is 1. The van der Waals surface area contributed by atoms with Crippen LogP contribution in [-0.2, 0) is 6.42 Å². The number of nitrogens with two attached hydrogens (primary N) is 1. The largest absolute Gasteiger partial charge is 0.497 e. The summed E-state index contributed by atoms with van der Waals surface area (Å²) < 4.78 is 5.23. The molecule has 0 saturated carbocycles. The third-order valence-corrected chi connectivity index (χ3v) is 3.30. The lowest BCUT2D eigenvalue weighted by atomic mass is 9.99. The molecule has 0 radical (unpaired) electrons. The third kappa shape index (κ3) is 3.70. The first-order chi connectivity index (χ1) is 9.22. The van der Waals surface area contributed by atoms with Gasteiger partial charge >= 0.3 is 0 Å². The smallest absolute Gasteiger partial charge is 0.119 e. The lowest BCUT2D eigenvalue weighted by Crippen LogP contribution is -2.29. The lowest BCUT2D eigenvalue weighted by molar-refractivity contribution is 0.413. The highest BCUT2D eigenvalue weighted by molar-refractivity contribution is 6.30. The van der Waals surface area contributed by atoms with Crippen LogP contribution in [-0.4, -0.2) is 7.11 Å². The highest BCUT2D eigenvalue weighted by atomic mass is 35.5. The molecular formula is C15H17ClN2O. The van der Waals surface area contributed by atoms with Gasteiger partial charge in [-0.3, -0.25) is 11.3 Å².